The summed E-state index contributed by atoms with van der Waals surface area (Å²) in [6, 6.07) is 4.24. The molecule has 1 aliphatic heterocycles. The van der Waals surface area contributed by atoms with Gasteiger partial charge in [0.05, 0.1) is 0 Å². The predicted octanol–water partition coefficient (Wildman–Crippen LogP) is 2.52. The van der Waals surface area contributed by atoms with E-state index in [2.05, 4.69) is 27.3 Å². The van der Waals surface area contributed by atoms with E-state index in [1.165, 1.54) is 12.1 Å². The second-order valence-corrected chi connectivity index (χ2v) is 6.46. The molecule has 0 spiro atoms. The number of amides is 1. The molecule has 0 radical (unpaired) electrons. The van der Waals surface area contributed by atoms with E-state index in [0.29, 0.717) is 11.8 Å². The van der Waals surface area contributed by atoms with E-state index < -0.39 is 0 Å². The second kappa shape index (κ2) is 6.46. The molecule has 0 atom stereocenters. The van der Waals surface area contributed by atoms with Crippen LogP contribution in [0.4, 0.5) is 5.69 Å². The lowest BCUT2D eigenvalue weighted by atomic mass is 9.84. The van der Waals surface area contributed by atoms with Crippen molar-refractivity contribution in [1.29, 1.82) is 0 Å². The molecule has 4 nitrogen and oxygen atoms in total. The van der Waals surface area contributed by atoms with Crippen LogP contribution in [0.2, 0.25) is 0 Å². The topological polar surface area (TPSA) is 45.2 Å². The summed E-state index contributed by atoms with van der Waals surface area (Å²) in [6.07, 6.45) is 7.60. The van der Waals surface area contributed by atoms with Gasteiger partial charge in [-0.2, -0.15) is 0 Å². The maximum Gasteiger partial charge on any atom is 0.223 e. The lowest BCUT2D eigenvalue weighted by molar-refractivity contribution is -0.127. The number of carbonyl (C=O) groups excluding carboxylic acids is 1. The van der Waals surface area contributed by atoms with Crippen LogP contribution in [0.25, 0.3) is 0 Å². The summed E-state index contributed by atoms with van der Waals surface area (Å²) in [6.45, 7) is 5.05. The van der Waals surface area contributed by atoms with Crippen LogP contribution < -0.4 is 10.2 Å². The molecule has 2 aliphatic rings. The third-order valence-electron chi connectivity index (χ3n) is 4.90. The fourth-order valence-corrected chi connectivity index (χ4v) is 3.18. The number of hydrogen-bond acceptors (Lipinski definition) is 3. The highest BCUT2D eigenvalue weighted by Gasteiger charge is 2.26. The minimum atomic E-state index is 0.286. The van der Waals surface area contributed by atoms with Gasteiger partial charge in [0.25, 0.3) is 0 Å². The van der Waals surface area contributed by atoms with Gasteiger partial charge < -0.3 is 10.2 Å². The van der Waals surface area contributed by atoms with E-state index in [1.807, 2.05) is 13.1 Å². The summed E-state index contributed by atoms with van der Waals surface area (Å²) in [7, 11) is 0. The number of nitrogens with one attached hydrogen (secondary N) is 1. The van der Waals surface area contributed by atoms with Crippen molar-refractivity contribution >= 4 is 11.6 Å². The summed E-state index contributed by atoms with van der Waals surface area (Å²) in [5, 5.41) is 3.15. The highest BCUT2D eigenvalue weighted by molar-refractivity contribution is 5.79. The molecule has 21 heavy (non-hydrogen) atoms. The Balaban J connectivity index is 1.43. The van der Waals surface area contributed by atoms with Crippen LogP contribution in [-0.4, -0.2) is 30.5 Å². The Morgan fingerprint density at radius 1 is 1.33 bits per heavy atom. The number of pyridine rings is 1. The molecular weight excluding hydrogens is 262 g/mol. The average molecular weight is 287 g/mol. The van der Waals surface area contributed by atoms with E-state index in [1.54, 1.807) is 0 Å². The Labute approximate surface area is 126 Å². The molecule has 114 valence electrons. The van der Waals surface area contributed by atoms with Gasteiger partial charge in [0.2, 0.25) is 5.91 Å². The number of piperidine rings is 1. The van der Waals surface area contributed by atoms with E-state index in [0.717, 1.165) is 51.0 Å². The summed E-state index contributed by atoms with van der Waals surface area (Å²) < 4.78 is 0. The van der Waals surface area contributed by atoms with Gasteiger partial charge in [-0.15, -0.1) is 0 Å². The van der Waals surface area contributed by atoms with E-state index in [9.17, 15) is 4.79 Å². The summed E-state index contributed by atoms with van der Waals surface area (Å²) in [5.74, 6) is 1.23. The third kappa shape index (κ3) is 3.55. The number of aromatic nitrogens is 1. The predicted molar refractivity (Wildman–Crippen MR) is 84.3 cm³/mol. The quantitative estimate of drug-likeness (QED) is 0.925. The molecule has 4 heteroatoms. The Kier molecular flexibility index (Phi) is 4.42. The second-order valence-electron chi connectivity index (χ2n) is 6.46. The van der Waals surface area contributed by atoms with Crippen LogP contribution >= 0.6 is 0 Å². The molecule has 1 aromatic rings. The number of carbonyl (C=O) groups is 1. The van der Waals surface area contributed by atoms with Crippen molar-refractivity contribution in [2.24, 2.45) is 11.8 Å². The molecule has 1 amide bonds. The average Bonchev–Trinajstić information content (AvgIpc) is 2.44. The minimum Gasteiger partial charge on any atom is -0.371 e. The fraction of sp³-hybridized carbons (Fsp3) is 0.647. The zero-order chi connectivity index (χ0) is 14.7. The number of aryl methyl sites for hydroxylation is 1. The molecule has 3 rings (SSSR count). The van der Waals surface area contributed by atoms with E-state index in [-0.39, 0.29) is 5.91 Å². The summed E-state index contributed by atoms with van der Waals surface area (Å²) >= 11 is 0. The maximum absolute atomic E-state index is 11.9. The van der Waals surface area contributed by atoms with Gasteiger partial charge in [-0.3, -0.25) is 9.78 Å². The van der Waals surface area contributed by atoms with Gasteiger partial charge in [-0.25, -0.2) is 0 Å². The normalized spacial score (nSPS) is 20.1. The van der Waals surface area contributed by atoms with Crippen LogP contribution in [0, 0.1) is 18.8 Å². The zero-order valence-corrected chi connectivity index (χ0v) is 12.8. The lowest BCUT2D eigenvalue weighted by Gasteiger charge is -2.34. The fourth-order valence-electron chi connectivity index (χ4n) is 3.18. The van der Waals surface area contributed by atoms with Crippen LogP contribution in [0.1, 0.15) is 37.8 Å². The van der Waals surface area contributed by atoms with Gasteiger partial charge in [0.15, 0.2) is 0 Å². The molecule has 1 saturated carbocycles. The van der Waals surface area contributed by atoms with Crippen molar-refractivity contribution in [1.82, 2.24) is 10.3 Å². The molecule has 1 saturated heterocycles. The largest absolute Gasteiger partial charge is 0.371 e. The third-order valence-corrected chi connectivity index (χ3v) is 4.90. The SMILES string of the molecule is Cc1cc(N2CCC(CNC(=O)C3CCC3)CC2)ccn1. The van der Waals surface area contributed by atoms with Gasteiger partial charge in [-0.1, -0.05) is 6.42 Å². The monoisotopic (exact) mass is 287 g/mol. The van der Waals surface area contributed by atoms with Crippen molar-refractivity contribution in [3.8, 4) is 0 Å². The molecule has 1 aliphatic carbocycles. The van der Waals surface area contributed by atoms with Crippen molar-refractivity contribution in [3.05, 3.63) is 24.0 Å². The van der Waals surface area contributed by atoms with Crippen LogP contribution in [0.5, 0.6) is 0 Å². The Bertz CT molecular complexity index is 491. The first kappa shape index (κ1) is 14.4. The Morgan fingerprint density at radius 3 is 2.71 bits per heavy atom. The molecule has 2 heterocycles. The van der Waals surface area contributed by atoms with Gasteiger partial charge in [0.1, 0.15) is 0 Å². The van der Waals surface area contributed by atoms with Crippen molar-refractivity contribution in [2.75, 3.05) is 24.5 Å². The van der Waals surface area contributed by atoms with Crippen LogP contribution in [-0.2, 0) is 4.79 Å². The van der Waals surface area contributed by atoms with Crippen molar-refractivity contribution in [3.63, 3.8) is 0 Å². The molecule has 1 N–H and O–H groups in total. The van der Waals surface area contributed by atoms with Crippen molar-refractivity contribution < 1.29 is 4.79 Å². The highest BCUT2D eigenvalue weighted by atomic mass is 16.1. The number of rotatable bonds is 4. The maximum atomic E-state index is 11.9. The van der Waals surface area contributed by atoms with Gasteiger partial charge in [0, 0.05) is 43.1 Å². The standard InChI is InChI=1S/C17H25N3O/c1-13-11-16(5-8-18-13)20-9-6-14(7-10-20)12-19-17(21)15-3-2-4-15/h5,8,11,14-15H,2-4,6-7,9-10,12H2,1H3,(H,19,21). The van der Waals surface area contributed by atoms with Crippen LogP contribution in [0.15, 0.2) is 18.3 Å². The Hall–Kier alpha value is -1.58. The smallest absolute Gasteiger partial charge is 0.223 e. The summed E-state index contributed by atoms with van der Waals surface area (Å²) in [4.78, 5) is 18.5. The molecule has 0 unspecified atom stereocenters. The lowest BCUT2D eigenvalue weighted by Crippen LogP contribution is -2.41. The first-order valence-electron chi connectivity index (χ1n) is 8.17. The number of nitrogens with zero attached hydrogens (tertiary/aromatic N) is 2. The van der Waals surface area contributed by atoms with Crippen LogP contribution in [0.3, 0.4) is 0 Å². The van der Waals surface area contributed by atoms with E-state index >= 15 is 0 Å². The van der Waals surface area contributed by atoms with Crippen molar-refractivity contribution in [2.45, 2.75) is 39.0 Å². The minimum absolute atomic E-state index is 0.286. The zero-order valence-electron chi connectivity index (χ0n) is 12.8. The first-order chi connectivity index (χ1) is 10.2. The number of hydrogen-bond donors (Lipinski definition) is 1. The first-order valence-corrected chi connectivity index (χ1v) is 8.17. The molecular formula is C17H25N3O. The summed E-state index contributed by atoms with van der Waals surface area (Å²) in [5.41, 5.74) is 2.35. The molecule has 0 bridgehead atoms. The van der Waals surface area contributed by atoms with Gasteiger partial charge in [-0.05, 0) is 50.7 Å². The molecule has 0 aromatic carbocycles. The van der Waals surface area contributed by atoms with E-state index in [4.69, 9.17) is 0 Å². The Morgan fingerprint density at radius 2 is 2.10 bits per heavy atom. The number of anilines is 1. The molecule has 1 aromatic heterocycles. The van der Waals surface area contributed by atoms with Gasteiger partial charge >= 0.3 is 0 Å². The highest BCUT2D eigenvalue weighted by Crippen LogP contribution is 2.27. The molecule has 2 fully saturated rings.